The molecule has 1 N–H and O–H groups in total. The van der Waals surface area contributed by atoms with Gasteiger partial charge in [0.25, 0.3) is 5.91 Å². The Balaban J connectivity index is 1.93. The number of rotatable bonds is 4. The van der Waals surface area contributed by atoms with Gasteiger partial charge in [0.2, 0.25) is 0 Å². The Morgan fingerprint density at radius 1 is 1.30 bits per heavy atom. The van der Waals surface area contributed by atoms with Gasteiger partial charge in [0.15, 0.2) is 0 Å². The first-order valence-corrected chi connectivity index (χ1v) is 6.45. The minimum absolute atomic E-state index is 0.106. The van der Waals surface area contributed by atoms with Crippen LogP contribution in [0.15, 0.2) is 36.7 Å². The van der Waals surface area contributed by atoms with Gasteiger partial charge in [0.1, 0.15) is 16.7 Å². The van der Waals surface area contributed by atoms with Crippen LogP contribution >= 0.6 is 11.6 Å². The maximum atomic E-state index is 12.8. The van der Waals surface area contributed by atoms with Crippen LogP contribution in [-0.2, 0) is 6.42 Å². The van der Waals surface area contributed by atoms with E-state index in [9.17, 15) is 9.18 Å². The molecule has 0 aliphatic rings. The van der Waals surface area contributed by atoms with Crippen LogP contribution in [0.25, 0.3) is 0 Å². The predicted molar refractivity (Wildman–Crippen MR) is 74.1 cm³/mol. The molecule has 0 radical (unpaired) electrons. The summed E-state index contributed by atoms with van der Waals surface area (Å²) in [6.45, 7) is 1.87. The Morgan fingerprint density at radius 3 is 2.60 bits per heavy atom. The summed E-state index contributed by atoms with van der Waals surface area (Å²) in [4.78, 5) is 19.6. The van der Waals surface area contributed by atoms with E-state index in [1.807, 2.05) is 6.92 Å². The van der Waals surface area contributed by atoms with E-state index in [0.717, 1.165) is 5.56 Å². The van der Waals surface area contributed by atoms with Crippen molar-refractivity contribution in [3.8, 4) is 0 Å². The maximum absolute atomic E-state index is 12.8. The number of carbonyl (C=O) groups is 1. The SMILES string of the molecule is CC(Cc1ccc(F)cc1)NC(=O)c1cnc(Cl)cn1. The molecular formula is C14H13ClFN3O. The highest BCUT2D eigenvalue weighted by atomic mass is 35.5. The van der Waals surface area contributed by atoms with Crippen molar-refractivity contribution in [1.29, 1.82) is 0 Å². The second-order valence-corrected chi connectivity index (χ2v) is 4.82. The standard InChI is InChI=1S/C14H13ClFN3O/c1-9(6-10-2-4-11(16)5-3-10)19-14(20)12-7-18-13(15)8-17-12/h2-5,7-9H,6H2,1H3,(H,19,20). The molecule has 0 fully saturated rings. The summed E-state index contributed by atoms with van der Waals surface area (Å²) >= 11 is 5.61. The number of nitrogens with one attached hydrogen (secondary N) is 1. The lowest BCUT2D eigenvalue weighted by atomic mass is 10.1. The molecule has 2 aromatic rings. The summed E-state index contributed by atoms with van der Waals surface area (Å²) in [6, 6.07) is 6.08. The van der Waals surface area contributed by atoms with Crippen molar-refractivity contribution in [2.24, 2.45) is 0 Å². The first-order valence-electron chi connectivity index (χ1n) is 6.07. The number of nitrogens with zero attached hydrogens (tertiary/aromatic N) is 2. The van der Waals surface area contributed by atoms with E-state index in [1.54, 1.807) is 12.1 Å². The Morgan fingerprint density at radius 2 is 2.00 bits per heavy atom. The molecule has 1 atom stereocenters. The summed E-state index contributed by atoms with van der Waals surface area (Å²) in [5.74, 6) is -0.592. The number of carbonyl (C=O) groups excluding carboxylic acids is 1. The second-order valence-electron chi connectivity index (χ2n) is 4.43. The molecule has 1 aromatic carbocycles. The highest BCUT2D eigenvalue weighted by molar-refractivity contribution is 6.29. The molecule has 0 saturated carbocycles. The van der Waals surface area contributed by atoms with Crippen LogP contribution in [-0.4, -0.2) is 21.9 Å². The van der Waals surface area contributed by atoms with Gasteiger partial charge in [-0.3, -0.25) is 4.79 Å². The fourth-order valence-corrected chi connectivity index (χ4v) is 1.85. The van der Waals surface area contributed by atoms with Gasteiger partial charge in [-0.2, -0.15) is 0 Å². The fraction of sp³-hybridized carbons (Fsp3) is 0.214. The molecule has 104 valence electrons. The van der Waals surface area contributed by atoms with Gasteiger partial charge in [-0.15, -0.1) is 0 Å². The monoisotopic (exact) mass is 293 g/mol. The summed E-state index contributed by atoms with van der Waals surface area (Å²) in [6.07, 6.45) is 3.25. The number of benzene rings is 1. The fourth-order valence-electron chi connectivity index (χ4n) is 1.75. The van der Waals surface area contributed by atoms with Crippen molar-refractivity contribution < 1.29 is 9.18 Å². The number of hydrogen-bond acceptors (Lipinski definition) is 3. The number of halogens is 2. The minimum Gasteiger partial charge on any atom is -0.348 e. The van der Waals surface area contributed by atoms with Crippen LogP contribution in [0.1, 0.15) is 23.0 Å². The zero-order chi connectivity index (χ0) is 14.5. The molecule has 0 aliphatic heterocycles. The Bertz CT molecular complexity index is 586. The molecule has 0 spiro atoms. The van der Waals surface area contributed by atoms with Crippen LogP contribution in [0.2, 0.25) is 5.15 Å². The smallest absolute Gasteiger partial charge is 0.271 e. The van der Waals surface area contributed by atoms with Gasteiger partial charge in [-0.05, 0) is 31.0 Å². The van der Waals surface area contributed by atoms with E-state index < -0.39 is 0 Å². The van der Waals surface area contributed by atoms with Gasteiger partial charge in [-0.25, -0.2) is 14.4 Å². The summed E-state index contributed by atoms with van der Waals surface area (Å²) in [5, 5.41) is 3.04. The maximum Gasteiger partial charge on any atom is 0.271 e. The van der Waals surface area contributed by atoms with Crippen LogP contribution < -0.4 is 5.32 Å². The average molecular weight is 294 g/mol. The largest absolute Gasteiger partial charge is 0.348 e. The van der Waals surface area contributed by atoms with Crippen LogP contribution in [0.3, 0.4) is 0 Å². The highest BCUT2D eigenvalue weighted by Crippen LogP contribution is 2.06. The van der Waals surface area contributed by atoms with Crippen molar-refractivity contribution in [1.82, 2.24) is 15.3 Å². The molecule has 0 aliphatic carbocycles. The molecule has 1 heterocycles. The molecule has 20 heavy (non-hydrogen) atoms. The lowest BCUT2D eigenvalue weighted by Gasteiger charge is -2.13. The van der Waals surface area contributed by atoms with Gasteiger partial charge in [0, 0.05) is 6.04 Å². The number of amides is 1. The molecular weight excluding hydrogens is 281 g/mol. The number of aromatic nitrogens is 2. The van der Waals surface area contributed by atoms with Gasteiger partial charge in [0.05, 0.1) is 12.4 Å². The quantitative estimate of drug-likeness (QED) is 0.943. The lowest BCUT2D eigenvalue weighted by molar-refractivity contribution is 0.0934. The third-order valence-corrected chi connectivity index (χ3v) is 2.88. The van der Waals surface area contributed by atoms with Crippen molar-refractivity contribution in [3.63, 3.8) is 0 Å². The Labute approximate surface area is 121 Å². The van der Waals surface area contributed by atoms with Crippen molar-refractivity contribution >= 4 is 17.5 Å². The van der Waals surface area contributed by atoms with E-state index in [1.165, 1.54) is 24.5 Å². The van der Waals surface area contributed by atoms with Crippen molar-refractivity contribution in [3.05, 3.63) is 58.9 Å². The van der Waals surface area contributed by atoms with Gasteiger partial charge in [-0.1, -0.05) is 23.7 Å². The third-order valence-electron chi connectivity index (χ3n) is 2.69. The Kier molecular flexibility index (Phi) is 4.63. The van der Waals surface area contributed by atoms with Crippen LogP contribution in [0.4, 0.5) is 4.39 Å². The normalized spacial score (nSPS) is 11.9. The Hall–Kier alpha value is -2.01. The second kappa shape index (κ2) is 6.43. The molecule has 0 saturated heterocycles. The summed E-state index contributed by atoms with van der Waals surface area (Å²) in [7, 11) is 0. The molecule has 1 aromatic heterocycles. The van der Waals surface area contributed by atoms with Crippen LogP contribution in [0, 0.1) is 5.82 Å². The van der Waals surface area contributed by atoms with Crippen LogP contribution in [0.5, 0.6) is 0 Å². The van der Waals surface area contributed by atoms with E-state index in [-0.39, 0.29) is 28.6 Å². The molecule has 1 unspecified atom stereocenters. The number of hydrogen-bond donors (Lipinski definition) is 1. The highest BCUT2D eigenvalue weighted by Gasteiger charge is 2.12. The van der Waals surface area contributed by atoms with Gasteiger partial charge >= 0.3 is 0 Å². The molecule has 2 rings (SSSR count). The van der Waals surface area contributed by atoms with E-state index >= 15 is 0 Å². The summed E-state index contributed by atoms with van der Waals surface area (Å²) < 4.78 is 12.8. The first-order chi connectivity index (χ1) is 9.54. The summed E-state index contributed by atoms with van der Waals surface area (Å²) in [5.41, 5.74) is 1.15. The first kappa shape index (κ1) is 14.4. The third kappa shape index (κ3) is 3.99. The zero-order valence-electron chi connectivity index (χ0n) is 10.8. The molecule has 0 bridgehead atoms. The zero-order valence-corrected chi connectivity index (χ0v) is 11.6. The average Bonchev–Trinajstić information content (AvgIpc) is 2.42. The van der Waals surface area contributed by atoms with Crippen molar-refractivity contribution in [2.45, 2.75) is 19.4 Å². The van der Waals surface area contributed by atoms with E-state index in [0.29, 0.717) is 6.42 Å². The lowest BCUT2D eigenvalue weighted by Crippen LogP contribution is -2.34. The van der Waals surface area contributed by atoms with E-state index in [4.69, 9.17) is 11.6 Å². The minimum atomic E-state index is -0.316. The van der Waals surface area contributed by atoms with E-state index in [2.05, 4.69) is 15.3 Å². The molecule has 4 nitrogen and oxygen atoms in total. The van der Waals surface area contributed by atoms with Gasteiger partial charge < -0.3 is 5.32 Å². The molecule has 6 heteroatoms. The molecule has 1 amide bonds. The predicted octanol–water partition coefficient (Wildman–Crippen LogP) is 2.63. The topological polar surface area (TPSA) is 54.9 Å². The van der Waals surface area contributed by atoms with Crippen molar-refractivity contribution in [2.75, 3.05) is 0 Å².